The Balaban J connectivity index is 1.74. The van der Waals surface area contributed by atoms with Crippen LogP contribution in [0.2, 0.25) is 5.02 Å². The second kappa shape index (κ2) is 6.95. The molecule has 23 heavy (non-hydrogen) atoms. The molecule has 0 aliphatic rings. The molecule has 2 aromatic heterocycles. The number of carbonyl (C=O) groups excluding carboxylic acids is 1. The Labute approximate surface area is 141 Å². The van der Waals surface area contributed by atoms with Gasteiger partial charge in [-0.05, 0) is 28.5 Å². The highest BCUT2D eigenvalue weighted by atomic mass is 35.5. The molecular formula is C16H14ClN3O2S. The van der Waals surface area contributed by atoms with Crippen molar-refractivity contribution in [3.63, 3.8) is 0 Å². The molecule has 7 heteroatoms. The number of carbonyl (C=O) groups is 1. The number of rotatable bonds is 5. The van der Waals surface area contributed by atoms with Crippen LogP contribution in [0.15, 0.2) is 47.3 Å². The maximum atomic E-state index is 12.4. The van der Waals surface area contributed by atoms with E-state index in [1.807, 2.05) is 35.0 Å². The minimum absolute atomic E-state index is 0.128. The topological polar surface area (TPSA) is 78.0 Å². The van der Waals surface area contributed by atoms with E-state index in [1.165, 1.54) is 17.5 Å². The normalized spacial score (nSPS) is 12.1. The zero-order valence-electron chi connectivity index (χ0n) is 12.0. The number of hydrogen-bond donors (Lipinski definition) is 3. The Morgan fingerprint density at radius 2 is 2.22 bits per heavy atom. The predicted octanol–water partition coefficient (Wildman–Crippen LogP) is 3.26. The number of nitrogens with one attached hydrogen (secondary N) is 2. The quantitative estimate of drug-likeness (QED) is 0.663. The van der Waals surface area contributed by atoms with Crippen molar-refractivity contribution >= 4 is 28.8 Å². The molecule has 0 fully saturated rings. The van der Waals surface area contributed by atoms with Crippen LogP contribution < -0.4 is 5.32 Å². The molecule has 0 aliphatic carbocycles. The lowest BCUT2D eigenvalue weighted by Gasteiger charge is -2.11. The van der Waals surface area contributed by atoms with Crippen molar-refractivity contribution < 1.29 is 9.90 Å². The lowest BCUT2D eigenvalue weighted by molar-refractivity contribution is 0.0917. The molecule has 3 N–H and O–H groups in total. The van der Waals surface area contributed by atoms with Crippen LogP contribution in [0, 0.1) is 0 Å². The molecule has 1 atom stereocenters. The van der Waals surface area contributed by atoms with Gasteiger partial charge in [0.1, 0.15) is 0 Å². The molecule has 0 spiro atoms. The van der Waals surface area contributed by atoms with Gasteiger partial charge in [0.25, 0.3) is 5.91 Å². The van der Waals surface area contributed by atoms with Gasteiger partial charge in [0.15, 0.2) is 0 Å². The molecule has 1 amide bonds. The molecule has 5 nitrogen and oxygen atoms in total. The monoisotopic (exact) mass is 347 g/mol. The summed E-state index contributed by atoms with van der Waals surface area (Å²) in [6.45, 7) is 0.128. The fraction of sp³-hybridized carbons (Fsp3) is 0.125. The Morgan fingerprint density at radius 1 is 1.39 bits per heavy atom. The number of halogens is 1. The van der Waals surface area contributed by atoms with Crippen molar-refractivity contribution in [3.8, 4) is 11.3 Å². The minimum Gasteiger partial charge on any atom is -0.387 e. The summed E-state index contributed by atoms with van der Waals surface area (Å²) in [5.41, 5.74) is 2.43. The van der Waals surface area contributed by atoms with Crippen molar-refractivity contribution in [2.75, 3.05) is 6.54 Å². The molecular weight excluding hydrogens is 334 g/mol. The summed E-state index contributed by atoms with van der Waals surface area (Å²) in [7, 11) is 0. The molecule has 3 aromatic rings. The van der Waals surface area contributed by atoms with Gasteiger partial charge in [-0.2, -0.15) is 16.4 Å². The van der Waals surface area contributed by atoms with Crippen LogP contribution in [0.5, 0.6) is 0 Å². The highest BCUT2D eigenvalue weighted by Gasteiger charge is 2.18. The van der Waals surface area contributed by atoms with Crippen molar-refractivity contribution in [2.24, 2.45) is 0 Å². The van der Waals surface area contributed by atoms with E-state index in [0.29, 0.717) is 21.8 Å². The third kappa shape index (κ3) is 3.44. The predicted molar refractivity (Wildman–Crippen MR) is 90.6 cm³/mol. The van der Waals surface area contributed by atoms with Crippen LogP contribution in [0.3, 0.4) is 0 Å². The van der Waals surface area contributed by atoms with E-state index in [4.69, 9.17) is 11.6 Å². The van der Waals surface area contributed by atoms with Crippen molar-refractivity contribution in [3.05, 3.63) is 63.4 Å². The number of thiophene rings is 1. The van der Waals surface area contributed by atoms with Crippen LogP contribution >= 0.6 is 22.9 Å². The lowest BCUT2D eigenvalue weighted by Crippen LogP contribution is -2.28. The second-order valence-electron chi connectivity index (χ2n) is 4.92. The highest BCUT2D eigenvalue weighted by molar-refractivity contribution is 7.07. The zero-order valence-corrected chi connectivity index (χ0v) is 13.6. The Morgan fingerprint density at radius 3 is 2.96 bits per heavy atom. The first-order valence-electron chi connectivity index (χ1n) is 6.93. The van der Waals surface area contributed by atoms with Crippen LogP contribution in [0.4, 0.5) is 0 Å². The summed E-state index contributed by atoms with van der Waals surface area (Å²) < 4.78 is 0. The third-order valence-corrected chi connectivity index (χ3v) is 4.44. The largest absolute Gasteiger partial charge is 0.387 e. The van der Waals surface area contributed by atoms with Crippen molar-refractivity contribution in [2.45, 2.75) is 6.10 Å². The molecule has 0 saturated heterocycles. The van der Waals surface area contributed by atoms with E-state index in [-0.39, 0.29) is 12.5 Å². The van der Waals surface area contributed by atoms with Gasteiger partial charge in [-0.15, -0.1) is 0 Å². The Kier molecular flexibility index (Phi) is 4.76. The van der Waals surface area contributed by atoms with E-state index in [1.54, 1.807) is 6.07 Å². The molecule has 2 heterocycles. The van der Waals surface area contributed by atoms with Gasteiger partial charge in [0, 0.05) is 17.1 Å². The van der Waals surface area contributed by atoms with Gasteiger partial charge in [-0.3, -0.25) is 9.89 Å². The SMILES string of the molecule is O=C(NCC(O)c1ccsc1)c1cn[nH]c1-c1ccccc1Cl. The summed E-state index contributed by atoms with van der Waals surface area (Å²) in [6.07, 6.45) is 0.714. The van der Waals surface area contributed by atoms with Gasteiger partial charge in [-0.1, -0.05) is 29.8 Å². The van der Waals surface area contributed by atoms with Gasteiger partial charge in [0.2, 0.25) is 0 Å². The molecule has 0 bridgehead atoms. The molecule has 1 aromatic carbocycles. The first kappa shape index (κ1) is 15.7. The van der Waals surface area contributed by atoms with Crippen LogP contribution in [0.25, 0.3) is 11.3 Å². The molecule has 0 radical (unpaired) electrons. The number of benzene rings is 1. The van der Waals surface area contributed by atoms with E-state index in [2.05, 4.69) is 15.5 Å². The van der Waals surface area contributed by atoms with Gasteiger partial charge in [-0.25, -0.2) is 0 Å². The van der Waals surface area contributed by atoms with E-state index in [9.17, 15) is 9.90 Å². The second-order valence-corrected chi connectivity index (χ2v) is 6.11. The number of nitrogens with zero attached hydrogens (tertiary/aromatic N) is 1. The fourth-order valence-electron chi connectivity index (χ4n) is 2.19. The zero-order chi connectivity index (χ0) is 16.2. The number of aromatic nitrogens is 2. The molecule has 0 aliphatic heterocycles. The Hall–Kier alpha value is -2.15. The third-order valence-electron chi connectivity index (χ3n) is 3.41. The number of aromatic amines is 1. The summed E-state index contributed by atoms with van der Waals surface area (Å²) in [6, 6.07) is 9.05. The van der Waals surface area contributed by atoms with E-state index < -0.39 is 6.10 Å². The number of H-pyrrole nitrogens is 1. The van der Waals surface area contributed by atoms with E-state index >= 15 is 0 Å². The van der Waals surface area contributed by atoms with Crippen molar-refractivity contribution in [1.82, 2.24) is 15.5 Å². The van der Waals surface area contributed by atoms with Gasteiger partial charge in [0.05, 0.1) is 23.6 Å². The maximum absolute atomic E-state index is 12.4. The summed E-state index contributed by atoms with van der Waals surface area (Å²) in [5.74, 6) is -0.317. The molecule has 3 rings (SSSR count). The average Bonchev–Trinajstić information content (AvgIpc) is 3.24. The summed E-state index contributed by atoms with van der Waals surface area (Å²) >= 11 is 7.67. The molecule has 118 valence electrons. The van der Waals surface area contributed by atoms with Crippen LogP contribution in [-0.2, 0) is 0 Å². The van der Waals surface area contributed by atoms with Crippen molar-refractivity contribution in [1.29, 1.82) is 0 Å². The highest BCUT2D eigenvalue weighted by Crippen LogP contribution is 2.28. The average molecular weight is 348 g/mol. The molecule has 0 saturated carbocycles. The minimum atomic E-state index is -0.735. The fourth-order valence-corrected chi connectivity index (χ4v) is 3.13. The van der Waals surface area contributed by atoms with Crippen LogP contribution in [-0.4, -0.2) is 27.8 Å². The number of aliphatic hydroxyl groups is 1. The van der Waals surface area contributed by atoms with Gasteiger partial charge < -0.3 is 10.4 Å². The standard InChI is InChI=1S/C16H14ClN3O2S/c17-13-4-2-1-3-11(13)15-12(7-19-20-15)16(22)18-8-14(21)10-5-6-23-9-10/h1-7,9,14,21H,8H2,(H,18,22)(H,19,20). The smallest absolute Gasteiger partial charge is 0.255 e. The maximum Gasteiger partial charge on any atom is 0.255 e. The van der Waals surface area contributed by atoms with Crippen LogP contribution in [0.1, 0.15) is 22.0 Å². The van der Waals surface area contributed by atoms with Gasteiger partial charge >= 0.3 is 0 Å². The van der Waals surface area contributed by atoms with E-state index in [0.717, 1.165) is 5.56 Å². The number of aliphatic hydroxyl groups excluding tert-OH is 1. The lowest BCUT2D eigenvalue weighted by atomic mass is 10.1. The number of hydrogen-bond acceptors (Lipinski definition) is 4. The summed E-state index contributed by atoms with van der Waals surface area (Å²) in [4.78, 5) is 12.4. The summed E-state index contributed by atoms with van der Waals surface area (Å²) in [5, 5.41) is 23.7. The Bertz CT molecular complexity index is 801. The first-order valence-corrected chi connectivity index (χ1v) is 8.25. The first-order chi connectivity index (χ1) is 11.2. The number of amides is 1. The molecule has 1 unspecified atom stereocenters.